The first-order chi connectivity index (χ1) is 13.9. The van der Waals surface area contributed by atoms with Crippen LogP contribution in [0.15, 0.2) is 41.3 Å². The second-order valence-electron chi connectivity index (χ2n) is 7.37. The molecule has 0 atom stereocenters. The van der Waals surface area contributed by atoms with Crippen LogP contribution < -0.4 is 14.8 Å². The number of benzene rings is 2. The minimum absolute atomic E-state index is 0.147. The molecule has 0 fully saturated rings. The Bertz CT molecular complexity index is 986. The lowest BCUT2D eigenvalue weighted by molar-refractivity contribution is -0.116. The number of fused-ring (bicyclic) bond motifs is 1. The maximum absolute atomic E-state index is 12.5. The molecule has 0 unspecified atom stereocenters. The van der Waals surface area contributed by atoms with Gasteiger partial charge in [-0.15, -0.1) is 0 Å². The number of hydrogen-bond acceptors (Lipinski definition) is 4. The predicted octanol–water partition coefficient (Wildman–Crippen LogP) is 3.58. The zero-order valence-electron chi connectivity index (χ0n) is 17.0. The van der Waals surface area contributed by atoms with Gasteiger partial charge < -0.3 is 10.1 Å². The van der Waals surface area contributed by atoms with E-state index in [0.29, 0.717) is 11.3 Å². The maximum atomic E-state index is 12.5. The van der Waals surface area contributed by atoms with E-state index in [2.05, 4.69) is 10.0 Å². The number of hydrogen-bond donors (Lipinski definition) is 2. The third-order valence-electron chi connectivity index (χ3n) is 5.21. The zero-order valence-corrected chi connectivity index (χ0v) is 17.8. The molecule has 1 aliphatic rings. The summed E-state index contributed by atoms with van der Waals surface area (Å²) in [4.78, 5) is 12.5. The van der Waals surface area contributed by atoms with Gasteiger partial charge in [0.15, 0.2) is 0 Å². The minimum Gasteiger partial charge on any atom is -0.497 e. The summed E-state index contributed by atoms with van der Waals surface area (Å²) in [5.74, 6) is 0.586. The monoisotopic (exact) mass is 416 g/mol. The molecule has 2 aromatic rings. The molecule has 2 aromatic carbocycles. The lowest BCUT2D eigenvalue weighted by atomic mass is 9.92. The Balaban J connectivity index is 1.48. The molecule has 0 aromatic heterocycles. The number of anilines is 1. The fourth-order valence-corrected chi connectivity index (χ4v) is 4.66. The van der Waals surface area contributed by atoms with Gasteiger partial charge in [-0.05, 0) is 86.1 Å². The molecule has 2 N–H and O–H groups in total. The van der Waals surface area contributed by atoms with E-state index in [1.54, 1.807) is 31.4 Å². The van der Waals surface area contributed by atoms with Gasteiger partial charge in [-0.2, -0.15) is 0 Å². The van der Waals surface area contributed by atoms with E-state index in [0.717, 1.165) is 48.2 Å². The van der Waals surface area contributed by atoms with E-state index in [1.165, 1.54) is 5.56 Å². The molecule has 0 heterocycles. The first kappa shape index (κ1) is 21.3. The lowest BCUT2D eigenvalue weighted by Gasteiger charge is -2.16. The van der Waals surface area contributed by atoms with Crippen LogP contribution in [0.1, 0.15) is 42.4 Å². The molecule has 1 amide bonds. The molecule has 7 heteroatoms. The summed E-state index contributed by atoms with van der Waals surface area (Å²) in [5, 5.41) is 2.85. The lowest BCUT2D eigenvalue weighted by Crippen LogP contribution is -2.26. The highest BCUT2D eigenvalue weighted by Crippen LogP contribution is 2.24. The highest BCUT2D eigenvalue weighted by Gasteiger charge is 2.17. The second-order valence-corrected chi connectivity index (χ2v) is 9.13. The van der Waals surface area contributed by atoms with E-state index in [-0.39, 0.29) is 18.9 Å². The predicted molar refractivity (Wildman–Crippen MR) is 114 cm³/mol. The van der Waals surface area contributed by atoms with Crippen LogP contribution in [-0.2, 0) is 27.7 Å². The van der Waals surface area contributed by atoms with E-state index >= 15 is 0 Å². The molecule has 0 spiro atoms. The first-order valence-corrected chi connectivity index (χ1v) is 11.4. The molecule has 0 radical (unpaired) electrons. The molecule has 1 aliphatic carbocycles. The molecule has 6 nitrogen and oxygen atoms in total. The largest absolute Gasteiger partial charge is 0.497 e. The average molecular weight is 417 g/mol. The van der Waals surface area contributed by atoms with Gasteiger partial charge >= 0.3 is 0 Å². The van der Waals surface area contributed by atoms with E-state index in [9.17, 15) is 13.2 Å². The van der Waals surface area contributed by atoms with Crippen LogP contribution in [-0.4, -0.2) is 28.0 Å². The molecule has 156 valence electrons. The third-order valence-corrected chi connectivity index (χ3v) is 6.67. The van der Waals surface area contributed by atoms with Crippen LogP contribution in [0.5, 0.6) is 5.75 Å². The maximum Gasteiger partial charge on any atom is 0.240 e. The van der Waals surface area contributed by atoms with Crippen LogP contribution in [0.3, 0.4) is 0 Å². The molecule has 0 saturated carbocycles. The van der Waals surface area contributed by atoms with E-state index in [4.69, 9.17) is 4.74 Å². The van der Waals surface area contributed by atoms with Crippen molar-refractivity contribution in [1.29, 1.82) is 0 Å². The van der Waals surface area contributed by atoms with Crippen LogP contribution in [0.2, 0.25) is 0 Å². The number of carbonyl (C=O) groups is 1. The van der Waals surface area contributed by atoms with Crippen LogP contribution in [0.25, 0.3) is 0 Å². The summed E-state index contributed by atoms with van der Waals surface area (Å²) in [6.07, 6.45) is 4.88. The fourth-order valence-electron chi connectivity index (χ4n) is 3.53. The van der Waals surface area contributed by atoms with Gasteiger partial charge in [0.05, 0.1) is 12.0 Å². The third kappa shape index (κ3) is 5.58. The number of carbonyl (C=O) groups excluding carboxylic acids is 1. The SMILES string of the molecule is COc1ccc(NC(=O)CCCNS(=O)(=O)c2ccc3c(c2)CCCC3)c(C)c1. The van der Waals surface area contributed by atoms with Crippen molar-refractivity contribution in [3.05, 3.63) is 53.1 Å². The number of nitrogens with one attached hydrogen (secondary N) is 2. The van der Waals surface area contributed by atoms with Gasteiger partial charge in [-0.1, -0.05) is 6.07 Å². The van der Waals surface area contributed by atoms with Crippen molar-refractivity contribution in [2.75, 3.05) is 19.0 Å². The fraction of sp³-hybridized carbons (Fsp3) is 0.409. The number of ether oxygens (including phenoxy) is 1. The Morgan fingerprint density at radius 1 is 1.07 bits per heavy atom. The van der Waals surface area contributed by atoms with Gasteiger partial charge in [0.1, 0.15) is 5.75 Å². The summed E-state index contributed by atoms with van der Waals surface area (Å²) in [6, 6.07) is 10.8. The average Bonchev–Trinajstić information content (AvgIpc) is 2.72. The van der Waals surface area contributed by atoms with Crippen molar-refractivity contribution in [1.82, 2.24) is 4.72 Å². The standard InChI is InChI=1S/C22H28N2O4S/c1-16-14-19(28-2)10-12-21(16)24-22(25)8-5-13-23-29(26,27)20-11-9-17-6-3-4-7-18(17)15-20/h9-12,14-15,23H,3-8,13H2,1-2H3,(H,24,25). The molecular formula is C22H28N2O4S. The topological polar surface area (TPSA) is 84.5 Å². The number of sulfonamides is 1. The van der Waals surface area contributed by atoms with Crippen LogP contribution in [0, 0.1) is 6.92 Å². The van der Waals surface area contributed by atoms with Gasteiger partial charge in [0.25, 0.3) is 0 Å². The van der Waals surface area contributed by atoms with Gasteiger partial charge in [-0.25, -0.2) is 13.1 Å². The van der Waals surface area contributed by atoms with Crippen LogP contribution >= 0.6 is 0 Å². The first-order valence-electron chi connectivity index (χ1n) is 9.95. The highest BCUT2D eigenvalue weighted by atomic mass is 32.2. The van der Waals surface area contributed by atoms with Gasteiger partial charge in [0.2, 0.25) is 15.9 Å². The quantitative estimate of drug-likeness (QED) is 0.644. The highest BCUT2D eigenvalue weighted by molar-refractivity contribution is 7.89. The Morgan fingerprint density at radius 3 is 2.55 bits per heavy atom. The molecule has 29 heavy (non-hydrogen) atoms. The van der Waals surface area contributed by atoms with E-state index < -0.39 is 10.0 Å². The molecular weight excluding hydrogens is 388 g/mol. The van der Waals surface area contributed by atoms with Gasteiger partial charge in [-0.3, -0.25) is 4.79 Å². The summed E-state index contributed by atoms with van der Waals surface area (Å²) in [5.41, 5.74) is 4.02. The summed E-state index contributed by atoms with van der Waals surface area (Å²) < 4.78 is 32.8. The zero-order chi connectivity index (χ0) is 20.9. The van der Waals surface area contributed by atoms with Gasteiger partial charge in [0, 0.05) is 18.7 Å². The summed E-state index contributed by atoms with van der Waals surface area (Å²) >= 11 is 0. The Kier molecular flexibility index (Phi) is 6.92. The van der Waals surface area contributed by atoms with Crippen molar-refractivity contribution in [3.8, 4) is 5.75 Å². The van der Waals surface area contributed by atoms with Crippen molar-refractivity contribution >= 4 is 21.6 Å². The number of rotatable bonds is 8. The van der Waals surface area contributed by atoms with Crippen molar-refractivity contribution in [2.24, 2.45) is 0 Å². The van der Waals surface area contributed by atoms with Crippen LogP contribution in [0.4, 0.5) is 5.69 Å². The Morgan fingerprint density at radius 2 is 1.83 bits per heavy atom. The Hall–Kier alpha value is -2.38. The minimum atomic E-state index is -3.56. The van der Waals surface area contributed by atoms with Crippen molar-refractivity contribution in [3.63, 3.8) is 0 Å². The van der Waals surface area contributed by atoms with E-state index in [1.807, 2.05) is 19.1 Å². The smallest absolute Gasteiger partial charge is 0.240 e. The Labute approximate surface area is 172 Å². The summed E-state index contributed by atoms with van der Waals surface area (Å²) in [6.45, 7) is 2.11. The normalized spacial score (nSPS) is 13.6. The number of aryl methyl sites for hydroxylation is 3. The number of methoxy groups -OCH3 is 1. The molecule has 0 aliphatic heterocycles. The molecule has 3 rings (SSSR count). The molecule has 0 saturated heterocycles. The summed E-state index contributed by atoms with van der Waals surface area (Å²) in [7, 11) is -1.97. The van der Waals surface area contributed by atoms with Crippen molar-refractivity contribution in [2.45, 2.75) is 50.3 Å². The van der Waals surface area contributed by atoms with Crippen molar-refractivity contribution < 1.29 is 17.9 Å². The molecule has 0 bridgehead atoms. The second kappa shape index (κ2) is 9.41. The number of amides is 1.